The second-order valence-corrected chi connectivity index (χ2v) is 1.77. The van der Waals surface area contributed by atoms with Crippen LogP contribution in [0.2, 0.25) is 0 Å². The van der Waals surface area contributed by atoms with E-state index in [9.17, 15) is 9.18 Å². The number of nitrogens with one attached hydrogen (secondary N) is 1. The van der Waals surface area contributed by atoms with Crippen LogP contribution < -0.4 is 5.32 Å². The first-order valence-corrected chi connectivity index (χ1v) is 3.78. The molecule has 0 bridgehead atoms. The van der Waals surface area contributed by atoms with Crippen LogP contribution in [0.25, 0.3) is 0 Å². The SMILES string of the molecule is CC.O=CNc1ccc(F)cc1. The van der Waals surface area contributed by atoms with E-state index in [4.69, 9.17) is 0 Å². The average Bonchev–Trinajstić information content (AvgIpc) is 2.13. The molecule has 0 atom stereocenters. The molecule has 0 heterocycles. The van der Waals surface area contributed by atoms with Gasteiger partial charge in [0.25, 0.3) is 0 Å². The second-order valence-electron chi connectivity index (χ2n) is 1.77. The topological polar surface area (TPSA) is 29.1 Å². The molecule has 0 saturated carbocycles. The number of rotatable bonds is 2. The Morgan fingerprint density at radius 2 is 1.75 bits per heavy atom. The van der Waals surface area contributed by atoms with Crippen LogP contribution >= 0.6 is 0 Å². The van der Waals surface area contributed by atoms with E-state index in [-0.39, 0.29) is 5.82 Å². The normalized spacial score (nSPS) is 7.92. The van der Waals surface area contributed by atoms with E-state index in [1.165, 1.54) is 24.3 Å². The van der Waals surface area contributed by atoms with Crippen molar-refractivity contribution in [1.82, 2.24) is 0 Å². The highest BCUT2D eigenvalue weighted by Crippen LogP contribution is 2.06. The lowest BCUT2D eigenvalue weighted by Gasteiger charge is -1.94. The molecule has 0 unspecified atom stereocenters. The molecule has 0 aliphatic rings. The number of carbonyl (C=O) groups excluding carboxylic acids is 1. The van der Waals surface area contributed by atoms with Gasteiger partial charge in [-0.05, 0) is 24.3 Å². The zero-order valence-corrected chi connectivity index (χ0v) is 7.17. The molecule has 1 aromatic rings. The van der Waals surface area contributed by atoms with Crippen molar-refractivity contribution in [1.29, 1.82) is 0 Å². The lowest BCUT2D eigenvalue weighted by molar-refractivity contribution is -0.105. The van der Waals surface area contributed by atoms with Crippen molar-refractivity contribution in [3.05, 3.63) is 30.1 Å². The van der Waals surface area contributed by atoms with E-state index in [1.54, 1.807) is 0 Å². The van der Waals surface area contributed by atoms with Crippen LogP contribution in [0.15, 0.2) is 24.3 Å². The van der Waals surface area contributed by atoms with Crippen molar-refractivity contribution in [3.63, 3.8) is 0 Å². The minimum absolute atomic E-state index is 0.309. The molecular formula is C9H12FNO. The molecular weight excluding hydrogens is 157 g/mol. The predicted octanol–water partition coefficient (Wildman–Crippen LogP) is 2.42. The van der Waals surface area contributed by atoms with Gasteiger partial charge in [-0.15, -0.1) is 0 Å². The summed E-state index contributed by atoms with van der Waals surface area (Å²) in [5, 5.41) is 2.39. The number of amides is 1. The lowest BCUT2D eigenvalue weighted by Crippen LogP contribution is -1.92. The van der Waals surface area contributed by atoms with Crippen molar-refractivity contribution in [3.8, 4) is 0 Å². The third kappa shape index (κ3) is 3.71. The monoisotopic (exact) mass is 169 g/mol. The summed E-state index contributed by atoms with van der Waals surface area (Å²) >= 11 is 0. The van der Waals surface area contributed by atoms with Gasteiger partial charge in [0, 0.05) is 5.69 Å². The second kappa shape index (κ2) is 6.34. The van der Waals surface area contributed by atoms with Crippen LogP contribution in [-0.2, 0) is 4.79 Å². The Morgan fingerprint density at radius 3 is 2.17 bits per heavy atom. The van der Waals surface area contributed by atoms with Gasteiger partial charge in [-0.3, -0.25) is 4.79 Å². The van der Waals surface area contributed by atoms with Crippen LogP contribution in [0.5, 0.6) is 0 Å². The fourth-order valence-electron chi connectivity index (χ4n) is 0.614. The Balaban J connectivity index is 0.000000561. The Bertz CT molecular complexity index is 220. The highest BCUT2D eigenvalue weighted by Gasteiger charge is 1.88. The fourth-order valence-corrected chi connectivity index (χ4v) is 0.614. The van der Waals surface area contributed by atoms with Crippen LogP contribution in [0.4, 0.5) is 10.1 Å². The van der Waals surface area contributed by atoms with Crippen molar-refractivity contribution in [2.45, 2.75) is 13.8 Å². The molecule has 1 rings (SSSR count). The first kappa shape index (κ1) is 10.6. The van der Waals surface area contributed by atoms with E-state index < -0.39 is 0 Å². The first-order chi connectivity index (χ1) is 5.83. The standard InChI is InChI=1S/C7H6FNO.C2H6/c8-6-1-3-7(4-2-6)9-5-10;1-2/h1-5H,(H,9,10);1-2H3. The van der Waals surface area contributed by atoms with E-state index in [0.29, 0.717) is 12.1 Å². The Hall–Kier alpha value is -1.38. The summed E-state index contributed by atoms with van der Waals surface area (Å²) < 4.78 is 12.2. The molecule has 0 spiro atoms. The molecule has 1 amide bonds. The summed E-state index contributed by atoms with van der Waals surface area (Å²) in [6.07, 6.45) is 0.549. The fraction of sp³-hybridized carbons (Fsp3) is 0.222. The third-order valence-corrected chi connectivity index (χ3v) is 1.07. The van der Waals surface area contributed by atoms with Gasteiger partial charge in [0.15, 0.2) is 0 Å². The van der Waals surface area contributed by atoms with E-state index in [1.807, 2.05) is 13.8 Å². The Kier molecular flexibility index (Phi) is 5.61. The maximum Gasteiger partial charge on any atom is 0.211 e. The van der Waals surface area contributed by atoms with Gasteiger partial charge in [0.05, 0.1) is 0 Å². The van der Waals surface area contributed by atoms with Gasteiger partial charge in [-0.1, -0.05) is 13.8 Å². The number of hydrogen-bond acceptors (Lipinski definition) is 1. The van der Waals surface area contributed by atoms with Gasteiger partial charge in [-0.2, -0.15) is 0 Å². The highest BCUT2D eigenvalue weighted by molar-refractivity contribution is 5.70. The molecule has 2 nitrogen and oxygen atoms in total. The van der Waals surface area contributed by atoms with Crippen LogP contribution in [0.1, 0.15) is 13.8 Å². The van der Waals surface area contributed by atoms with Crippen LogP contribution in [0.3, 0.4) is 0 Å². The Morgan fingerprint density at radius 1 is 1.25 bits per heavy atom. The number of hydrogen-bond donors (Lipinski definition) is 1. The summed E-state index contributed by atoms with van der Waals surface area (Å²) in [6, 6.07) is 5.55. The quantitative estimate of drug-likeness (QED) is 0.677. The van der Waals surface area contributed by atoms with Crippen molar-refractivity contribution < 1.29 is 9.18 Å². The van der Waals surface area contributed by atoms with Crippen LogP contribution in [0, 0.1) is 5.82 Å². The maximum atomic E-state index is 12.2. The summed E-state index contributed by atoms with van der Waals surface area (Å²) in [7, 11) is 0. The van der Waals surface area contributed by atoms with E-state index in [2.05, 4.69) is 5.32 Å². The Labute approximate surface area is 71.4 Å². The average molecular weight is 169 g/mol. The van der Waals surface area contributed by atoms with E-state index in [0.717, 1.165) is 0 Å². The minimum Gasteiger partial charge on any atom is -0.329 e. The smallest absolute Gasteiger partial charge is 0.211 e. The summed E-state index contributed by atoms with van der Waals surface area (Å²) in [6.45, 7) is 4.00. The molecule has 3 heteroatoms. The predicted molar refractivity (Wildman–Crippen MR) is 47.4 cm³/mol. The summed E-state index contributed by atoms with van der Waals surface area (Å²) in [4.78, 5) is 9.85. The van der Waals surface area contributed by atoms with Crippen LogP contribution in [-0.4, -0.2) is 6.41 Å². The van der Waals surface area contributed by atoms with Gasteiger partial charge in [0.2, 0.25) is 6.41 Å². The molecule has 1 N–H and O–H groups in total. The molecule has 0 aliphatic carbocycles. The third-order valence-electron chi connectivity index (χ3n) is 1.07. The number of benzene rings is 1. The number of anilines is 1. The maximum absolute atomic E-state index is 12.2. The first-order valence-electron chi connectivity index (χ1n) is 3.78. The molecule has 0 saturated heterocycles. The number of carbonyl (C=O) groups is 1. The van der Waals surface area contributed by atoms with Gasteiger partial charge < -0.3 is 5.32 Å². The van der Waals surface area contributed by atoms with Gasteiger partial charge >= 0.3 is 0 Å². The molecule has 0 radical (unpaired) electrons. The van der Waals surface area contributed by atoms with Crippen molar-refractivity contribution in [2.24, 2.45) is 0 Å². The van der Waals surface area contributed by atoms with Crippen molar-refractivity contribution >= 4 is 12.1 Å². The molecule has 0 aromatic heterocycles. The van der Waals surface area contributed by atoms with Crippen molar-refractivity contribution in [2.75, 3.05) is 5.32 Å². The number of halogens is 1. The zero-order valence-electron chi connectivity index (χ0n) is 7.17. The van der Waals surface area contributed by atoms with E-state index >= 15 is 0 Å². The summed E-state index contributed by atoms with van der Waals surface area (Å²) in [5.41, 5.74) is 0.594. The summed E-state index contributed by atoms with van der Waals surface area (Å²) in [5.74, 6) is -0.309. The lowest BCUT2D eigenvalue weighted by atomic mass is 10.3. The molecule has 12 heavy (non-hydrogen) atoms. The molecule has 0 fully saturated rings. The minimum atomic E-state index is -0.309. The highest BCUT2D eigenvalue weighted by atomic mass is 19.1. The zero-order chi connectivity index (χ0) is 9.40. The molecule has 1 aromatic carbocycles. The molecule has 0 aliphatic heterocycles. The molecule has 66 valence electrons. The largest absolute Gasteiger partial charge is 0.329 e. The van der Waals surface area contributed by atoms with Gasteiger partial charge in [-0.25, -0.2) is 4.39 Å². The van der Waals surface area contributed by atoms with Gasteiger partial charge in [0.1, 0.15) is 5.82 Å².